The number of nitrogens with one attached hydrogen (secondary N) is 1. The first-order valence-corrected chi connectivity index (χ1v) is 7.77. The molecule has 0 spiro atoms. The number of amides is 1. The van der Waals surface area contributed by atoms with Gasteiger partial charge in [0.1, 0.15) is 11.6 Å². The van der Waals surface area contributed by atoms with E-state index in [-0.39, 0.29) is 17.6 Å². The molecule has 0 fully saturated rings. The minimum absolute atomic E-state index is 0.0261. The third kappa shape index (κ3) is 2.66. The molecule has 3 aromatic heterocycles. The summed E-state index contributed by atoms with van der Waals surface area (Å²) in [5, 5.41) is 15.1. The van der Waals surface area contributed by atoms with Crippen LogP contribution in [-0.4, -0.2) is 36.9 Å². The van der Waals surface area contributed by atoms with Crippen molar-refractivity contribution >= 4 is 5.91 Å². The molecular formula is C16H16N6O2. The van der Waals surface area contributed by atoms with Crippen molar-refractivity contribution in [3.05, 3.63) is 47.9 Å². The number of rotatable bonds is 3. The molecule has 24 heavy (non-hydrogen) atoms. The number of carbonyl (C=O) groups is 1. The molecule has 0 radical (unpaired) electrons. The molecule has 1 N–H and O–H groups in total. The summed E-state index contributed by atoms with van der Waals surface area (Å²) in [5.41, 5.74) is 1.05. The Morgan fingerprint density at radius 1 is 1.42 bits per heavy atom. The van der Waals surface area contributed by atoms with E-state index < -0.39 is 0 Å². The average Bonchev–Trinajstić information content (AvgIpc) is 3.24. The van der Waals surface area contributed by atoms with E-state index in [9.17, 15) is 4.79 Å². The molecule has 0 saturated carbocycles. The highest BCUT2D eigenvalue weighted by atomic mass is 16.5. The number of carbonyl (C=O) groups excluding carboxylic acids is 1. The van der Waals surface area contributed by atoms with Crippen LogP contribution in [0.2, 0.25) is 0 Å². The van der Waals surface area contributed by atoms with Crippen molar-refractivity contribution in [3.8, 4) is 11.3 Å². The van der Waals surface area contributed by atoms with E-state index in [1.54, 1.807) is 24.5 Å². The van der Waals surface area contributed by atoms with Gasteiger partial charge in [0.15, 0.2) is 11.5 Å². The Kier molecular flexibility index (Phi) is 3.56. The third-order valence-corrected chi connectivity index (χ3v) is 4.16. The van der Waals surface area contributed by atoms with Crippen molar-refractivity contribution in [3.63, 3.8) is 0 Å². The lowest BCUT2D eigenvalue weighted by molar-refractivity contribution is 0.0918. The quantitative estimate of drug-likeness (QED) is 0.781. The number of hydrogen-bond acceptors (Lipinski definition) is 6. The Bertz CT molecular complexity index is 870. The van der Waals surface area contributed by atoms with Gasteiger partial charge in [-0.05, 0) is 25.5 Å². The van der Waals surface area contributed by atoms with Crippen LogP contribution in [0.15, 0.2) is 35.1 Å². The normalized spacial score (nSPS) is 16.6. The highest BCUT2D eigenvalue weighted by Crippen LogP contribution is 2.19. The van der Waals surface area contributed by atoms with E-state index >= 15 is 0 Å². The molecule has 3 aromatic rings. The van der Waals surface area contributed by atoms with Gasteiger partial charge in [0, 0.05) is 43.0 Å². The Labute approximate surface area is 137 Å². The number of nitrogens with zero attached hydrogens (tertiary/aromatic N) is 5. The van der Waals surface area contributed by atoms with Crippen LogP contribution in [0.25, 0.3) is 11.3 Å². The minimum atomic E-state index is -0.243. The van der Waals surface area contributed by atoms with Crippen LogP contribution >= 0.6 is 0 Å². The molecule has 1 atom stereocenters. The lowest BCUT2D eigenvalue weighted by Gasteiger charge is -2.24. The lowest BCUT2D eigenvalue weighted by atomic mass is 10.1. The zero-order valence-electron chi connectivity index (χ0n) is 13.1. The van der Waals surface area contributed by atoms with Gasteiger partial charge in [-0.15, -0.1) is 10.2 Å². The minimum Gasteiger partial charge on any atom is -0.355 e. The molecule has 1 aliphatic rings. The second-order valence-corrected chi connectivity index (χ2v) is 5.80. The Morgan fingerprint density at radius 3 is 3.17 bits per heavy atom. The summed E-state index contributed by atoms with van der Waals surface area (Å²) in [6, 6.07) is 5.31. The fraction of sp³-hybridized carbons (Fsp3) is 0.312. The molecule has 4 rings (SSSR count). The van der Waals surface area contributed by atoms with Crippen LogP contribution in [0.1, 0.15) is 28.6 Å². The first kappa shape index (κ1) is 14.6. The molecule has 8 heteroatoms. The van der Waals surface area contributed by atoms with Gasteiger partial charge in [-0.2, -0.15) is 0 Å². The van der Waals surface area contributed by atoms with E-state index in [1.165, 1.54) is 0 Å². The topological polar surface area (TPSA) is 98.7 Å². The van der Waals surface area contributed by atoms with Crippen LogP contribution in [0.4, 0.5) is 0 Å². The second kappa shape index (κ2) is 5.88. The van der Waals surface area contributed by atoms with Gasteiger partial charge >= 0.3 is 0 Å². The summed E-state index contributed by atoms with van der Waals surface area (Å²) in [4.78, 5) is 16.4. The van der Waals surface area contributed by atoms with Gasteiger partial charge in [-0.25, -0.2) is 0 Å². The largest absolute Gasteiger partial charge is 0.355 e. The Hall–Kier alpha value is -3.03. The van der Waals surface area contributed by atoms with Gasteiger partial charge in [-0.3, -0.25) is 9.78 Å². The number of fused-ring (bicyclic) bond motifs is 1. The molecule has 0 bridgehead atoms. The molecule has 1 aliphatic heterocycles. The number of aromatic nitrogens is 5. The molecule has 0 aromatic carbocycles. The molecular weight excluding hydrogens is 308 g/mol. The lowest BCUT2D eigenvalue weighted by Crippen LogP contribution is -2.41. The van der Waals surface area contributed by atoms with Crippen molar-refractivity contribution in [2.24, 2.45) is 0 Å². The summed E-state index contributed by atoms with van der Waals surface area (Å²) in [6.45, 7) is 2.59. The van der Waals surface area contributed by atoms with Crippen LogP contribution in [-0.2, 0) is 13.0 Å². The summed E-state index contributed by atoms with van der Waals surface area (Å²) in [7, 11) is 0. The van der Waals surface area contributed by atoms with Crippen molar-refractivity contribution < 1.29 is 9.32 Å². The van der Waals surface area contributed by atoms with Crippen LogP contribution in [0.5, 0.6) is 0 Å². The Morgan fingerprint density at radius 2 is 2.33 bits per heavy atom. The molecule has 8 nitrogen and oxygen atoms in total. The second-order valence-electron chi connectivity index (χ2n) is 5.80. The molecule has 122 valence electrons. The summed E-state index contributed by atoms with van der Waals surface area (Å²) >= 11 is 0. The average molecular weight is 324 g/mol. The first-order valence-electron chi connectivity index (χ1n) is 7.77. The van der Waals surface area contributed by atoms with Crippen LogP contribution in [0.3, 0.4) is 0 Å². The highest BCUT2D eigenvalue weighted by Gasteiger charge is 2.24. The fourth-order valence-corrected chi connectivity index (χ4v) is 2.87. The number of aryl methyl sites for hydroxylation is 2. The predicted octanol–water partition coefficient (Wildman–Crippen LogP) is 1.38. The van der Waals surface area contributed by atoms with Crippen LogP contribution in [0, 0.1) is 6.92 Å². The molecule has 0 saturated heterocycles. The van der Waals surface area contributed by atoms with Crippen molar-refractivity contribution in [1.29, 1.82) is 0 Å². The highest BCUT2D eigenvalue weighted by molar-refractivity contribution is 5.93. The summed E-state index contributed by atoms with van der Waals surface area (Å²) < 4.78 is 7.29. The zero-order valence-corrected chi connectivity index (χ0v) is 13.1. The SMILES string of the molecule is Cc1nnc2n1C[C@@H](NC(=O)c1cc(-c3cccnc3)on1)CC2. The summed E-state index contributed by atoms with van der Waals surface area (Å²) in [6.07, 6.45) is 4.97. The first-order chi connectivity index (χ1) is 11.7. The maximum atomic E-state index is 12.4. The molecule has 0 aliphatic carbocycles. The van der Waals surface area contributed by atoms with E-state index in [2.05, 4.69) is 25.7 Å². The van der Waals surface area contributed by atoms with Crippen molar-refractivity contribution in [2.75, 3.05) is 0 Å². The van der Waals surface area contributed by atoms with E-state index in [0.717, 1.165) is 30.1 Å². The van der Waals surface area contributed by atoms with Gasteiger partial charge in [0.25, 0.3) is 5.91 Å². The van der Waals surface area contributed by atoms with Gasteiger partial charge < -0.3 is 14.4 Å². The van der Waals surface area contributed by atoms with Gasteiger partial charge in [0.05, 0.1) is 0 Å². The monoisotopic (exact) mass is 324 g/mol. The number of pyridine rings is 1. The molecule has 1 amide bonds. The summed E-state index contributed by atoms with van der Waals surface area (Å²) in [5.74, 6) is 2.12. The van der Waals surface area contributed by atoms with Crippen LogP contribution < -0.4 is 5.32 Å². The van der Waals surface area contributed by atoms with Crippen molar-refractivity contribution in [2.45, 2.75) is 32.4 Å². The smallest absolute Gasteiger partial charge is 0.273 e. The predicted molar refractivity (Wildman–Crippen MR) is 84.1 cm³/mol. The van der Waals surface area contributed by atoms with Crippen molar-refractivity contribution in [1.82, 2.24) is 30.2 Å². The Balaban J connectivity index is 1.46. The standard InChI is InChI=1S/C16H16N6O2/c1-10-19-20-15-5-4-12(9-22(10)15)18-16(23)13-7-14(24-21-13)11-3-2-6-17-8-11/h2-3,6-8,12H,4-5,9H2,1H3,(H,18,23)/t12-/m0/s1. The van der Waals surface area contributed by atoms with E-state index in [1.807, 2.05) is 17.6 Å². The van der Waals surface area contributed by atoms with Gasteiger partial charge in [-0.1, -0.05) is 5.16 Å². The maximum Gasteiger partial charge on any atom is 0.273 e. The maximum absolute atomic E-state index is 12.4. The van der Waals surface area contributed by atoms with E-state index in [4.69, 9.17) is 4.52 Å². The molecule has 4 heterocycles. The zero-order chi connectivity index (χ0) is 16.5. The van der Waals surface area contributed by atoms with Gasteiger partial charge in [0.2, 0.25) is 0 Å². The molecule has 0 unspecified atom stereocenters. The van der Waals surface area contributed by atoms with E-state index in [0.29, 0.717) is 12.3 Å². The third-order valence-electron chi connectivity index (χ3n) is 4.16. The fourth-order valence-electron chi connectivity index (χ4n) is 2.87. The number of hydrogen-bond donors (Lipinski definition) is 1.